The van der Waals surface area contributed by atoms with E-state index < -0.39 is 0 Å². The molecule has 0 unspecified atom stereocenters. The molecule has 0 saturated heterocycles. The SMILES string of the molecule is CCNC(=O)c1cccc(SOOO)c1. The van der Waals surface area contributed by atoms with Crippen molar-refractivity contribution in [2.24, 2.45) is 0 Å². The highest BCUT2D eigenvalue weighted by Gasteiger charge is 2.05. The molecule has 0 fully saturated rings. The van der Waals surface area contributed by atoms with Gasteiger partial charge in [-0.2, -0.15) is 0 Å². The van der Waals surface area contributed by atoms with Gasteiger partial charge in [0.2, 0.25) is 0 Å². The highest BCUT2D eigenvalue weighted by molar-refractivity contribution is 7.94. The van der Waals surface area contributed by atoms with Crippen LogP contribution >= 0.6 is 12.0 Å². The molecule has 15 heavy (non-hydrogen) atoms. The van der Waals surface area contributed by atoms with Crippen LogP contribution in [0.25, 0.3) is 0 Å². The van der Waals surface area contributed by atoms with Crippen LogP contribution in [0.15, 0.2) is 29.2 Å². The Balaban J connectivity index is 2.69. The van der Waals surface area contributed by atoms with Crippen molar-refractivity contribution in [1.29, 1.82) is 0 Å². The summed E-state index contributed by atoms with van der Waals surface area (Å²) >= 11 is 0.818. The molecule has 0 heterocycles. The number of carbonyl (C=O) groups is 1. The molecule has 0 atom stereocenters. The van der Waals surface area contributed by atoms with Gasteiger partial charge in [-0.05, 0) is 25.1 Å². The topological polar surface area (TPSA) is 67.8 Å². The monoisotopic (exact) mass is 229 g/mol. The predicted molar refractivity (Wildman–Crippen MR) is 55.1 cm³/mol. The fourth-order valence-electron chi connectivity index (χ4n) is 1.01. The van der Waals surface area contributed by atoms with Crippen molar-refractivity contribution in [2.75, 3.05) is 6.54 Å². The first kappa shape index (κ1) is 12.0. The van der Waals surface area contributed by atoms with Crippen LogP contribution in [0.5, 0.6) is 0 Å². The lowest BCUT2D eigenvalue weighted by Crippen LogP contribution is -2.22. The molecule has 0 saturated carbocycles. The molecular weight excluding hydrogens is 218 g/mol. The fraction of sp³-hybridized carbons (Fsp3) is 0.222. The molecule has 0 bridgehead atoms. The predicted octanol–water partition coefficient (Wildman–Crippen LogP) is 1.86. The standard InChI is InChI=1S/C9H11NO4S/c1-2-10-9(11)7-4-3-5-8(6-7)15-14-13-12/h3-6,12H,2H2,1H3,(H,10,11). The summed E-state index contributed by atoms with van der Waals surface area (Å²) in [6, 6.07) is 6.77. The Labute approximate surface area is 91.4 Å². The van der Waals surface area contributed by atoms with E-state index in [-0.39, 0.29) is 5.91 Å². The van der Waals surface area contributed by atoms with Gasteiger partial charge in [-0.25, -0.2) is 5.26 Å². The van der Waals surface area contributed by atoms with E-state index in [2.05, 4.69) is 14.7 Å². The Morgan fingerprint density at radius 3 is 3.07 bits per heavy atom. The minimum Gasteiger partial charge on any atom is -0.352 e. The Bertz CT molecular complexity index is 332. The third-order valence-corrected chi connectivity index (χ3v) is 2.17. The quantitative estimate of drug-likeness (QED) is 0.458. The smallest absolute Gasteiger partial charge is 0.251 e. The molecule has 0 radical (unpaired) electrons. The molecular formula is C9H11NO4S. The van der Waals surface area contributed by atoms with Crippen LogP contribution in [0.1, 0.15) is 17.3 Å². The molecule has 0 aliphatic carbocycles. The van der Waals surface area contributed by atoms with Gasteiger partial charge in [0.05, 0.1) is 12.0 Å². The van der Waals surface area contributed by atoms with Gasteiger partial charge in [-0.1, -0.05) is 11.1 Å². The van der Waals surface area contributed by atoms with Gasteiger partial charge in [0, 0.05) is 17.0 Å². The average molecular weight is 229 g/mol. The van der Waals surface area contributed by atoms with Crippen LogP contribution in [0.4, 0.5) is 0 Å². The number of amides is 1. The molecule has 0 aliphatic rings. The summed E-state index contributed by atoms with van der Waals surface area (Å²) in [5.74, 6) is -0.148. The lowest BCUT2D eigenvalue weighted by Gasteiger charge is -2.03. The second-order valence-electron chi connectivity index (χ2n) is 2.61. The zero-order valence-corrected chi connectivity index (χ0v) is 8.91. The van der Waals surface area contributed by atoms with Crippen LogP contribution < -0.4 is 5.32 Å². The first-order valence-electron chi connectivity index (χ1n) is 4.31. The van der Waals surface area contributed by atoms with Crippen molar-refractivity contribution in [1.82, 2.24) is 5.32 Å². The van der Waals surface area contributed by atoms with E-state index in [1.807, 2.05) is 6.92 Å². The molecule has 82 valence electrons. The molecule has 5 nitrogen and oxygen atoms in total. The Kier molecular flexibility index (Phi) is 5.13. The van der Waals surface area contributed by atoms with Crippen molar-refractivity contribution in [2.45, 2.75) is 11.8 Å². The summed E-state index contributed by atoms with van der Waals surface area (Å²) < 4.78 is 4.25. The van der Waals surface area contributed by atoms with Crippen molar-refractivity contribution < 1.29 is 19.4 Å². The Morgan fingerprint density at radius 1 is 1.60 bits per heavy atom. The minimum atomic E-state index is -0.148. The maximum absolute atomic E-state index is 11.4. The maximum Gasteiger partial charge on any atom is 0.251 e. The molecule has 1 rings (SSSR count). The number of carbonyl (C=O) groups excluding carboxylic acids is 1. The lowest BCUT2D eigenvalue weighted by atomic mass is 10.2. The van der Waals surface area contributed by atoms with Crippen molar-refractivity contribution in [3.05, 3.63) is 29.8 Å². The lowest BCUT2D eigenvalue weighted by molar-refractivity contribution is -0.432. The first-order valence-corrected chi connectivity index (χ1v) is 5.05. The number of benzene rings is 1. The summed E-state index contributed by atoms with van der Waals surface area (Å²) in [6.45, 7) is 2.42. The number of hydrogen-bond donors (Lipinski definition) is 2. The number of hydrogen-bond acceptors (Lipinski definition) is 5. The average Bonchev–Trinajstić information content (AvgIpc) is 2.27. The summed E-state index contributed by atoms with van der Waals surface area (Å²) in [7, 11) is 0. The zero-order valence-electron chi connectivity index (χ0n) is 8.10. The summed E-state index contributed by atoms with van der Waals surface area (Å²) in [6.07, 6.45) is 0. The van der Waals surface area contributed by atoms with Gasteiger partial charge in [0.25, 0.3) is 5.91 Å². The van der Waals surface area contributed by atoms with Gasteiger partial charge in [0.15, 0.2) is 0 Å². The van der Waals surface area contributed by atoms with E-state index in [0.717, 1.165) is 12.0 Å². The van der Waals surface area contributed by atoms with E-state index in [9.17, 15) is 4.79 Å². The zero-order chi connectivity index (χ0) is 11.1. The van der Waals surface area contributed by atoms with Gasteiger partial charge in [-0.15, -0.1) is 4.33 Å². The summed E-state index contributed by atoms with van der Waals surface area (Å²) in [5.41, 5.74) is 0.531. The highest BCUT2D eigenvalue weighted by Crippen LogP contribution is 2.19. The van der Waals surface area contributed by atoms with E-state index in [0.29, 0.717) is 17.0 Å². The van der Waals surface area contributed by atoms with Crippen molar-refractivity contribution in [3.63, 3.8) is 0 Å². The molecule has 1 aromatic rings. The number of rotatable bonds is 5. The molecule has 0 aromatic heterocycles. The Morgan fingerprint density at radius 2 is 2.40 bits per heavy atom. The van der Waals surface area contributed by atoms with Crippen molar-refractivity contribution in [3.8, 4) is 0 Å². The molecule has 0 spiro atoms. The summed E-state index contributed by atoms with van der Waals surface area (Å²) in [4.78, 5) is 12.1. The summed E-state index contributed by atoms with van der Waals surface area (Å²) in [5, 5.41) is 14.1. The van der Waals surface area contributed by atoms with E-state index in [1.165, 1.54) is 0 Å². The minimum absolute atomic E-state index is 0.148. The molecule has 6 heteroatoms. The largest absolute Gasteiger partial charge is 0.352 e. The van der Waals surface area contributed by atoms with Crippen LogP contribution in [0.2, 0.25) is 0 Å². The number of nitrogens with one attached hydrogen (secondary N) is 1. The van der Waals surface area contributed by atoms with E-state index >= 15 is 0 Å². The third kappa shape index (κ3) is 3.88. The molecule has 1 aromatic carbocycles. The van der Waals surface area contributed by atoms with E-state index in [1.54, 1.807) is 24.3 Å². The van der Waals surface area contributed by atoms with Crippen LogP contribution in [0.3, 0.4) is 0 Å². The normalized spacial score (nSPS) is 10.0. The Hall–Kier alpha value is -1.08. The first-order chi connectivity index (χ1) is 7.27. The molecule has 0 aliphatic heterocycles. The van der Waals surface area contributed by atoms with Gasteiger partial charge in [0.1, 0.15) is 0 Å². The van der Waals surface area contributed by atoms with Gasteiger partial charge in [-0.3, -0.25) is 4.79 Å². The second kappa shape index (κ2) is 6.41. The van der Waals surface area contributed by atoms with Crippen LogP contribution in [-0.4, -0.2) is 17.7 Å². The maximum atomic E-state index is 11.4. The van der Waals surface area contributed by atoms with Gasteiger partial charge >= 0.3 is 0 Å². The highest BCUT2D eigenvalue weighted by atomic mass is 32.2. The van der Waals surface area contributed by atoms with Crippen LogP contribution in [0, 0.1) is 0 Å². The molecule has 1 amide bonds. The molecule has 2 N–H and O–H groups in total. The van der Waals surface area contributed by atoms with E-state index in [4.69, 9.17) is 5.26 Å². The second-order valence-corrected chi connectivity index (χ2v) is 3.39. The third-order valence-electron chi connectivity index (χ3n) is 1.59. The van der Waals surface area contributed by atoms with Crippen molar-refractivity contribution >= 4 is 17.9 Å². The van der Waals surface area contributed by atoms with Gasteiger partial charge < -0.3 is 5.32 Å². The van der Waals surface area contributed by atoms with Crippen LogP contribution in [-0.2, 0) is 9.37 Å². The fourth-order valence-corrected chi connectivity index (χ4v) is 1.42.